The molecule has 0 heterocycles. The van der Waals surface area contributed by atoms with Gasteiger partial charge in [-0.1, -0.05) is 38.3 Å². The average molecular weight is 249 g/mol. The van der Waals surface area contributed by atoms with Crippen LogP contribution in [0.4, 0.5) is 4.39 Å². The van der Waals surface area contributed by atoms with Gasteiger partial charge >= 0.3 is 0 Å². The summed E-state index contributed by atoms with van der Waals surface area (Å²) in [7, 11) is 0. The van der Waals surface area contributed by atoms with Crippen LogP contribution in [0.25, 0.3) is 0 Å². The summed E-state index contributed by atoms with van der Waals surface area (Å²) in [6.45, 7) is 4.41. The van der Waals surface area contributed by atoms with Crippen LogP contribution >= 0.6 is 0 Å². The number of halogens is 1. The molecule has 0 saturated heterocycles. The minimum absolute atomic E-state index is 0.142. The molecule has 100 valence electrons. The molecular weight excluding hydrogens is 225 g/mol. The van der Waals surface area contributed by atoms with Crippen molar-refractivity contribution in [2.45, 2.75) is 58.0 Å². The molecule has 1 aromatic carbocycles. The molecule has 0 aromatic heterocycles. The highest BCUT2D eigenvalue weighted by molar-refractivity contribution is 5.19. The van der Waals surface area contributed by atoms with Crippen molar-refractivity contribution >= 4 is 0 Å². The quantitative estimate of drug-likeness (QED) is 0.831. The molecule has 1 aliphatic carbocycles. The van der Waals surface area contributed by atoms with Gasteiger partial charge < -0.3 is 5.32 Å². The lowest BCUT2D eigenvalue weighted by atomic mass is 9.82. The number of hydrogen-bond donors (Lipinski definition) is 1. The van der Waals surface area contributed by atoms with E-state index in [-0.39, 0.29) is 11.9 Å². The van der Waals surface area contributed by atoms with E-state index in [4.69, 9.17) is 0 Å². The maximum atomic E-state index is 13.2. The maximum Gasteiger partial charge on any atom is 0.123 e. The molecule has 2 heteroatoms. The Hall–Kier alpha value is -0.890. The highest BCUT2D eigenvalue weighted by Crippen LogP contribution is 2.28. The van der Waals surface area contributed by atoms with Crippen molar-refractivity contribution in [3.63, 3.8) is 0 Å². The molecule has 1 aliphatic rings. The fraction of sp³-hybridized carbons (Fsp3) is 0.625. The molecule has 0 bridgehead atoms. The van der Waals surface area contributed by atoms with Crippen LogP contribution in [-0.4, -0.2) is 6.04 Å². The smallest absolute Gasteiger partial charge is 0.123 e. The Morgan fingerprint density at radius 3 is 2.83 bits per heavy atom. The highest BCUT2D eigenvalue weighted by Gasteiger charge is 2.24. The minimum atomic E-state index is -0.142. The molecule has 1 nitrogen and oxygen atoms in total. The van der Waals surface area contributed by atoms with Gasteiger partial charge in [-0.3, -0.25) is 0 Å². The van der Waals surface area contributed by atoms with Crippen molar-refractivity contribution in [3.8, 4) is 0 Å². The van der Waals surface area contributed by atoms with E-state index in [2.05, 4.69) is 19.2 Å². The second-order valence-electron chi connectivity index (χ2n) is 5.50. The molecule has 18 heavy (non-hydrogen) atoms. The summed E-state index contributed by atoms with van der Waals surface area (Å²) in [5, 5.41) is 3.70. The Morgan fingerprint density at radius 1 is 1.33 bits per heavy atom. The molecule has 0 radical (unpaired) electrons. The Balaban J connectivity index is 1.99. The Labute approximate surface area is 110 Å². The molecule has 1 aromatic rings. The summed E-state index contributed by atoms with van der Waals surface area (Å²) >= 11 is 0. The van der Waals surface area contributed by atoms with E-state index in [9.17, 15) is 4.39 Å². The van der Waals surface area contributed by atoms with Crippen LogP contribution in [0.2, 0.25) is 0 Å². The molecule has 1 N–H and O–H groups in total. The predicted molar refractivity (Wildman–Crippen MR) is 74.0 cm³/mol. The second kappa shape index (κ2) is 6.33. The van der Waals surface area contributed by atoms with Gasteiger partial charge in [-0.05, 0) is 43.4 Å². The second-order valence-corrected chi connectivity index (χ2v) is 5.50. The first-order valence-corrected chi connectivity index (χ1v) is 7.22. The summed E-state index contributed by atoms with van der Waals surface area (Å²) in [5.41, 5.74) is 1.05. The van der Waals surface area contributed by atoms with Gasteiger partial charge in [0.25, 0.3) is 0 Å². The summed E-state index contributed by atoms with van der Waals surface area (Å²) < 4.78 is 13.2. The molecular formula is C16H24FN. The summed E-state index contributed by atoms with van der Waals surface area (Å²) in [6, 6.07) is 7.78. The number of benzene rings is 1. The molecule has 0 aliphatic heterocycles. The Kier molecular flexibility index (Phi) is 4.76. The van der Waals surface area contributed by atoms with Crippen molar-refractivity contribution in [2.24, 2.45) is 5.92 Å². The highest BCUT2D eigenvalue weighted by atomic mass is 19.1. The first-order valence-electron chi connectivity index (χ1n) is 7.22. The first kappa shape index (κ1) is 13.5. The number of nitrogens with one attached hydrogen (secondary N) is 1. The van der Waals surface area contributed by atoms with E-state index in [1.165, 1.54) is 38.2 Å². The third-order valence-corrected chi connectivity index (χ3v) is 4.25. The molecule has 3 atom stereocenters. The van der Waals surface area contributed by atoms with Gasteiger partial charge in [-0.25, -0.2) is 4.39 Å². The predicted octanol–water partition coefficient (Wildman–Crippen LogP) is 4.45. The topological polar surface area (TPSA) is 12.0 Å². The van der Waals surface area contributed by atoms with Crippen LogP contribution in [0.15, 0.2) is 24.3 Å². The van der Waals surface area contributed by atoms with E-state index >= 15 is 0 Å². The number of rotatable bonds is 4. The summed E-state index contributed by atoms with van der Waals surface area (Å²) in [4.78, 5) is 0. The largest absolute Gasteiger partial charge is 0.307 e. The van der Waals surface area contributed by atoms with Gasteiger partial charge in [-0.2, -0.15) is 0 Å². The normalized spacial score (nSPS) is 25.9. The molecule has 2 rings (SSSR count). The van der Waals surface area contributed by atoms with Crippen LogP contribution in [0.5, 0.6) is 0 Å². The lowest BCUT2D eigenvalue weighted by molar-refractivity contribution is 0.240. The molecule has 0 spiro atoms. The zero-order valence-electron chi connectivity index (χ0n) is 11.5. The fourth-order valence-corrected chi connectivity index (χ4v) is 3.11. The van der Waals surface area contributed by atoms with E-state index in [1.807, 2.05) is 6.07 Å². The van der Waals surface area contributed by atoms with Crippen LogP contribution in [-0.2, 0) is 0 Å². The minimum Gasteiger partial charge on any atom is -0.307 e. The van der Waals surface area contributed by atoms with Crippen molar-refractivity contribution in [1.29, 1.82) is 0 Å². The van der Waals surface area contributed by atoms with Crippen molar-refractivity contribution in [3.05, 3.63) is 35.6 Å². The first-order chi connectivity index (χ1) is 8.70. The van der Waals surface area contributed by atoms with E-state index in [0.29, 0.717) is 6.04 Å². The molecule has 2 unspecified atom stereocenters. The summed E-state index contributed by atoms with van der Waals surface area (Å²) in [6.07, 6.45) is 6.53. The average Bonchev–Trinajstić information content (AvgIpc) is 2.39. The van der Waals surface area contributed by atoms with Gasteiger partial charge in [0.15, 0.2) is 0 Å². The fourth-order valence-electron chi connectivity index (χ4n) is 3.11. The molecule has 0 amide bonds. The maximum absolute atomic E-state index is 13.2. The Morgan fingerprint density at radius 2 is 2.11 bits per heavy atom. The van der Waals surface area contributed by atoms with Crippen LogP contribution < -0.4 is 5.32 Å². The van der Waals surface area contributed by atoms with Gasteiger partial charge in [0, 0.05) is 12.1 Å². The van der Waals surface area contributed by atoms with E-state index < -0.39 is 0 Å². The third kappa shape index (κ3) is 3.32. The third-order valence-electron chi connectivity index (χ3n) is 4.25. The van der Waals surface area contributed by atoms with Gasteiger partial charge in [-0.15, -0.1) is 0 Å². The molecule has 1 saturated carbocycles. The SMILES string of the molecule is CCC1CCCCC1N[C@@H](C)c1cccc(F)c1. The Bertz CT molecular complexity index is 377. The zero-order valence-corrected chi connectivity index (χ0v) is 11.5. The monoisotopic (exact) mass is 249 g/mol. The van der Waals surface area contributed by atoms with E-state index in [1.54, 1.807) is 12.1 Å². The van der Waals surface area contributed by atoms with Crippen LogP contribution in [0, 0.1) is 11.7 Å². The van der Waals surface area contributed by atoms with Crippen molar-refractivity contribution in [2.75, 3.05) is 0 Å². The van der Waals surface area contributed by atoms with Crippen LogP contribution in [0.3, 0.4) is 0 Å². The summed E-state index contributed by atoms with van der Waals surface area (Å²) in [5.74, 6) is 0.645. The number of hydrogen-bond acceptors (Lipinski definition) is 1. The van der Waals surface area contributed by atoms with Gasteiger partial charge in [0.1, 0.15) is 5.82 Å². The van der Waals surface area contributed by atoms with E-state index in [0.717, 1.165) is 11.5 Å². The van der Waals surface area contributed by atoms with Crippen molar-refractivity contribution < 1.29 is 4.39 Å². The zero-order chi connectivity index (χ0) is 13.0. The lowest BCUT2D eigenvalue weighted by Gasteiger charge is -2.34. The standard InChI is InChI=1S/C16H24FN/c1-3-13-7-4-5-10-16(13)18-12(2)14-8-6-9-15(17)11-14/h6,8-9,11-13,16,18H,3-5,7,10H2,1-2H3/t12-,13?,16?/m0/s1. The van der Waals surface area contributed by atoms with Gasteiger partial charge in [0.2, 0.25) is 0 Å². The van der Waals surface area contributed by atoms with Gasteiger partial charge in [0.05, 0.1) is 0 Å². The van der Waals surface area contributed by atoms with Crippen LogP contribution in [0.1, 0.15) is 57.6 Å². The van der Waals surface area contributed by atoms with Crippen molar-refractivity contribution in [1.82, 2.24) is 5.32 Å². The molecule has 1 fully saturated rings. The lowest BCUT2D eigenvalue weighted by Crippen LogP contribution is -2.39.